The minimum atomic E-state index is -0.266. The van der Waals surface area contributed by atoms with E-state index in [0.29, 0.717) is 21.7 Å². The molecule has 4 nitrogen and oxygen atoms in total. The molecule has 1 N–H and O–H groups in total. The molecule has 22 heavy (non-hydrogen) atoms. The molecular formula is C16H19Cl2N2O2+. The number of amides is 2. The molecule has 2 fully saturated rings. The van der Waals surface area contributed by atoms with Crippen LogP contribution in [-0.2, 0) is 9.59 Å². The Kier molecular flexibility index (Phi) is 4.44. The molecular weight excluding hydrogens is 323 g/mol. The molecule has 0 spiro atoms. The maximum absolute atomic E-state index is 12.7. The van der Waals surface area contributed by atoms with Gasteiger partial charge in [-0.15, -0.1) is 0 Å². The summed E-state index contributed by atoms with van der Waals surface area (Å²) >= 11 is 12.0. The van der Waals surface area contributed by atoms with Crippen LogP contribution in [0.2, 0.25) is 10.0 Å². The Bertz CT molecular complexity index is 592. The predicted octanol–water partition coefficient (Wildman–Crippen LogP) is 1.94. The summed E-state index contributed by atoms with van der Waals surface area (Å²) < 4.78 is 0. The van der Waals surface area contributed by atoms with Crippen molar-refractivity contribution in [2.45, 2.75) is 32.2 Å². The molecule has 0 bridgehead atoms. The van der Waals surface area contributed by atoms with Crippen LogP contribution in [0.5, 0.6) is 0 Å². The van der Waals surface area contributed by atoms with Crippen molar-refractivity contribution in [3.8, 4) is 0 Å². The Hall–Kier alpha value is -1.10. The molecule has 1 unspecified atom stereocenters. The first-order valence-corrected chi connectivity index (χ1v) is 8.39. The maximum atomic E-state index is 12.7. The molecule has 2 heterocycles. The van der Waals surface area contributed by atoms with E-state index in [4.69, 9.17) is 23.2 Å². The number of halogens is 2. The van der Waals surface area contributed by atoms with Crippen LogP contribution >= 0.6 is 23.2 Å². The molecule has 3 rings (SSSR count). The zero-order valence-electron chi connectivity index (χ0n) is 12.4. The van der Waals surface area contributed by atoms with Crippen molar-refractivity contribution in [2.75, 3.05) is 18.0 Å². The van der Waals surface area contributed by atoms with E-state index < -0.39 is 0 Å². The molecule has 0 aliphatic carbocycles. The first-order chi connectivity index (χ1) is 10.5. The van der Waals surface area contributed by atoms with Gasteiger partial charge in [0.05, 0.1) is 25.2 Å². The molecule has 2 amide bonds. The summed E-state index contributed by atoms with van der Waals surface area (Å²) in [7, 11) is 0. The van der Waals surface area contributed by atoms with E-state index in [-0.39, 0.29) is 24.3 Å². The Morgan fingerprint density at radius 3 is 2.27 bits per heavy atom. The number of quaternary nitrogens is 1. The Balaban J connectivity index is 1.82. The van der Waals surface area contributed by atoms with Gasteiger partial charge in [-0.25, -0.2) is 4.90 Å². The maximum Gasteiger partial charge on any atom is 0.292 e. The lowest BCUT2D eigenvalue weighted by atomic mass is 9.97. The van der Waals surface area contributed by atoms with Crippen molar-refractivity contribution in [2.24, 2.45) is 5.92 Å². The minimum Gasteiger partial charge on any atom is -0.324 e. The highest BCUT2D eigenvalue weighted by Gasteiger charge is 2.46. The van der Waals surface area contributed by atoms with Crippen LogP contribution < -0.4 is 9.80 Å². The molecule has 2 aliphatic heterocycles. The highest BCUT2D eigenvalue weighted by Crippen LogP contribution is 2.29. The normalized spacial score (nSPS) is 29.2. The Morgan fingerprint density at radius 1 is 1.09 bits per heavy atom. The number of imide groups is 1. The largest absolute Gasteiger partial charge is 0.324 e. The number of hydrogen-bond donors (Lipinski definition) is 1. The lowest BCUT2D eigenvalue weighted by molar-refractivity contribution is -0.920. The van der Waals surface area contributed by atoms with Gasteiger partial charge in [0.1, 0.15) is 0 Å². The molecule has 2 aliphatic rings. The lowest BCUT2D eigenvalue weighted by Gasteiger charge is -2.30. The number of likely N-dealkylation sites (tertiary alicyclic amines) is 1. The third-order valence-corrected chi connectivity index (χ3v) is 5.10. The second-order valence-corrected chi connectivity index (χ2v) is 7.17. The summed E-state index contributed by atoms with van der Waals surface area (Å²) in [6.45, 7) is 4.14. The zero-order chi connectivity index (χ0) is 15.9. The third-order valence-electron chi connectivity index (χ3n) is 4.66. The average Bonchev–Trinajstić information content (AvgIpc) is 2.74. The number of rotatable bonds is 2. The summed E-state index contributed by atoms with van der Waals surface area (Å²) in [4.78, 5) is 27.5. The van der Waals surface area contributed by atoms with E-state index in [1.807, 2.05) is 0 Å². The number of carbonyl (C=O) groups is 2. The van der Waals surface area contributed by atoms with Gasteiger partial charge in [-0.1, -0.05) is 30.1 Å². The third kappa shape index (κ3) is 3.00. The van der Waals surface area contributed by atoms with Gasteiger partial charge >= 0.3 is 0 Å². The Labute approximate surface area is 140 Å². The molecule has 6 heteroatoms. The summed E-state index contributed by atoms with van der Waals surface area (Å²) in [5.41, 5.74) is 0.472. The number of benzene rings is 1. The van der Waals surface area contributed by atoms with E-state index in [2.05, 4.69) is 6.92 Å². The molecule has 1 atom stereocenters. The van der Waals surface area contributed by atoms with Crippen LogP contribution in [0.1, 0.15) is 26.2 Å². The highest BCUT2D eigenvalue weighted by atomic mass is 35.5. The number of piperidine rings is 1. The predicted molar refractivity (Wildman–Crippen MR) is 86.5 cm³/mol. The quantitative estimate of drug-likeness (QED) is 0.835. The lowest BCUT2D eigenvalue weighted by Crippen LogP contribution is -3.17. The first kappa shape index (κ1) is 15.8. The SMILES string of the molecule is CC1CC[NH+](C2CC(=O)N(c3cc(Cl)cc(Cl)c3)C2=O)CC1. The standard InChI is InChI=1S/C16H18Cl2N2O2/c1-10-2-4-19(5-3-10)14-9-15(21)20(16(14)22)13-7-11(17)6-12(18)8-13/h6-8,10,14H,2-5,9H2,1H3/p+1. The summed E-state index contributed by atoms with van der Waals surface area (Å²) in [5, 5.41) is 0.844. The number of carbonyl (C=O) groups excluding carboxylic acids is 2. The highest BCUT2D eigenvalue weighted by molar-refractivity contribution is 6.35. The number of hydrogen-bond acceptors (Lipinski definition) is 2. The van der Waals surface area contributed by atoms with Gasteiger partial charge in [-0.05, 0) is 37.0 Å². The fraction of sp³-hybridized carbons (Fsp3) is 0.500. The second kappa shape index (κ2) is 6.19. The van der Waals surface area contributed by atoms with Gasteiger partial charge in [0.25, 0.3) is 5.91 Å². The number of nitrogens with one attached hydrogen (secondary N) is 1. The van der Waals surface area contributed by atoms with E-state index >= 15 is 0 Å². The van der Waals surface area contributed by atoms with Gasteiger partial charge in [-0.2, -0.15) is 0 Å². The van der Waals surface area contributed by atoms with Crippen molar-refractivity contribution in [1.82, 2.24) is 0 Å². The topological polar surface area (TPSA) is 41.8 Å². The molecule has 0 saturated carbocycles. The molecule has 1 aromatic rings. The van der Waals surface area contributed by atoms with Gasteiger partial charge < -0.3 is 4.90 Å². The van der Waals surface area contributed by atoms with Crippen molar-refractivity contribution >= 4 is 40.7 Å². The molecule has 0 aromatic heterocycles. The minimum absolute atomic E-state index is 0.132. The van der Waals surface area contributed by atoms with E-state index in [1.54, 1.807) is 18.2 Å². The van der Waals surface area contributed by atoms with Gasteiger partial charge in [0.15, 0.2) is 6.04 Å². The second-order valence-electron chi connectivity index (χ2n) is 6.29. The average molecular weight is 342 g/mol. The van der Waals surface area contributed by atoms with Crippen LogP contribution in [0.4, 0.5) is 5.69 Å². The van der Waals surface area contributed by atoms with Crippen molar-refractivity contribution in [3.63, 3.8) is 0 Å². The van der Waals surface area contributed by atoms with Crippen LogP contribution in [0, 0.1) is 5.92 Å². The van der Waals surface area contributed by atoms with E-state index in [0.717, 1.165) is 25.9 Å². The monoisotopic (exact) mass is 341 g/mol. The smallest absolute Gasteiger partial charge is 0.292 e. The Morgan fingerprint density at radius 2 is 1.68 bits per heavy atom. The molecule has 2 saturated heterocycles. The van der Waals surface area contributed by atoms with E-state index in [9.17, 15) is 9.59 Å². The van der Waals surface area contributed by atoms with Crippen molar-refractivity contribution in [1.29, 1.82) is 0 Å². The van der Waals surface area contributed by atoms with Crippen LogP contribution in [0.3, 0.4) is 0 Å². The van der Waals surface area contributed by atoms with Crippen LogP contribution in [0.15, 0.2) is 18.2 Å². The molecule has 1 aromatic carbocycles. The van der Waals surface area contributed by atoms with Crippen LogP contribution in [0.25, 0.3) is 0 Å². The summed E-state index contributed by atoms with van der Waals surface area (Å²) in [5.74, 6) is 0.408. The fourth-order valence-corrected chi connectivity index (χ4v) is 3.89. The fourth-order valence-electron chi connectivity index (χ4n) is 3.37. The first-order valence-electron chi connectivity index (χ1n) is 7.63. The molecule has 0 radical (unpaired) electrons. The van der Waals surface area contributed by atoms with E-state index in [1.165, 1.54) is 9.80 Å². The summed E-state index contributed by atoms with van der Waals surface area (Å²) in [6, 6.07) is 4.54. The number of anilines is 1. The van der Waals surface area contributed by atoms with Gasteiger partial charge in [-0.3, -0.25) is 9.59 Å². The van der Waals surface area contributed by atoms with Gasteiger partial charge in [0, 0.05) is 10.0 Å². The number of nitrogens with zero attached hydrogens (tertiary/aromatic N) is 1. The molecule has 118 valence electrons. The summed E-state index contributed by atoms with van der Waals surface area (Å²) in [6.07, 6.45) is 2.49. The van der Waals surface area contributed by atoms with Crippen molar-refractivity contribution in [3.05, 3.63) is 28.2 Å². The zero-order valence-corrected chi connectivity index (χ0v) is 14.0. The van der Waals surface area contributed by atoms with Crippen LogP contribution in [-0.4, -0.2) is 30.9 Å². The van der Waals surface area contributed by atoms with Crippen molar-refractivity contribution < 1.29 is 14.5 Å². The van der Waals surface area contributed by atoms with Gasteiger partial charge in [0.2, 0.25) is 5.91 Å².